The second-order valence-corrected chi connectivity index (χ2v) is 5.55. The molecule has 3 nitrogen and oxygen atoms in total. The van der Waals surface area contributed by atoms with E-state index >= 15 is 0 Å². The van der Waals surface area contributed by atoms with Crippen LogP contribution in [0.5, 0.6) is 0 Å². The molecule has 0 aromatic carbocycles. The maximum Gasteiger partial charge on any atom is 0.0829 e. The number of ether oxygens (including phenoxy) is 1. The summed E-state index contributed by atoms with van der Waals surface area (Å²) in [6, 6.07) is 0.553. The minimum absolute atomic E-state index is 0.370. The summed E-state index contributed by atoms with van der Waals surface area (Å²) in [5, 5.41) is 0. The summed E-state index contributed by atoms with van der Waals surface area (Å²) in [5.41, 5.74) is 0. The lowest BCUT2D eigenvalue weighted by molar-refractivity contribution is -0.0370. The fraction of sp³-hybridized carbons (Fsp3) is 1.00. The molecule has 0 aliphatic carbocycles. The van der Waals surface area contributed by atoms with Crippen molar-refractivity contribution in [3.05, 3.63) is 0 Å². The summed E-state index contributed by atoms with van der Waals surface area (Å²) in [4.78, 5) is 4.87. The average molecular weight is 247 g/mol. The monoisotopic (exact) mass is 246 g/mol. The van der Waals surface area contributed by atoms with Gasteiger partial charge in [0.05, 0.1) is 12.7 Å². The maximum atomic E-state index is 6.05. The van der Waals surface area contributed by atoms with Gasteiger partial charge in [0, 0.05) is 31.6 Å². The van der Waals surface area contributed by atoms with Crippen LogP contribution in [0.4, 0.5) is 0 Å². The van der Waals surface area contributed by atoms with E-state index in [2.05, 4.69) is 23.8 Å². The molecule has 4 heteroatoms. The predicted molar refractivity (Wildman–Crippen MR) is 67.1 cm³/mol. The zero-order chi connectivity index (χ0) is 11.5. The highest BCUT2D eigenvalue weighted by Gasteiger charge is 2.32. The van der Waals surface area contributed by atoms with Crippen LogP contribution in [0.15, 0.2) is 0 Å². The van der Waals surface area contributed by atoms with Crippen LogP contribution >= 0.6 is 11.6 Å². The van der Waals surface area contributed by atoms with E-state index in [1.807, 2.05) is 0 Å². The molecule has 0 aromatic rings. The Balaban J connectivity index is 1.84. The molecule has 0 amide bonds. The number of hydrogen-bond donors (Lipinski definition) is 0. The van der Waals surface area contributed by atoms with Crippen molar-refractivity contribution in [1.29, 1.82) is 0 Å². The molecule has 2 aliphatic rings. The van der Waals surface area contributed by atoms with Gasteiger partial charge in [0.15, 0.2) is 0 Å². The zero-order valence-corrected chi connectivity index (χ0v) is 11.1. The Labute approximate surface area is 104 Å². The van der Waals surface area contributed by atoms with Gasteiger partial charge in [0.1, 0.15) is 0 Å². The number of halogens is 1. The first kappa shape index (κ1) is 12.6. The van der Waals surface area contributed by atoms with Gasteiger partial charge in [-0.15, -0.1) is 11.6 Å². The molecule has 2 saturated heterocycles. The van der Waals surface area contributed by atoms with Gasteiger partial charge < -0.3 is 9.64 Å². The fourth-order valence-electron chi connectivity index (χ4n) is 2.80. The van der Waals surface area contributed by atoms with E-state index in [9.17, 15) is 0 Å². The van der Waals surface area contributed by atoms with Gasteiger partial charge in [0.2, 0.25) is 0 Å². The van der Waals surface area contributed by atoms with Crippen molar-refractivity contribution >= 4 is 11.6 Å². The molecule has 94 valence electrons. The Hall–Kier alpha value is 0.170. The largest absolute Gasteiger partial charge is 0.374 e. The first-order valence-electron chi connectivity index (χ1n) is 6.31. The highest BCUT2D eigenvalue weighted by atomic mass is 35.5. The predicted octanol–water partition coefficient (Wildman–Crippen LogP) is 1.27. The molecule has 3 unspecified atom stereocenters. The first-order valence-corrected chi connectivity index (χ1v) is 6.84. The third-order valence-electron chi connectivity index (χ3n) is 3.94. The van der Waals surface area contributed by atoms with Crippen molar-refractivity contribution in [3.8, 4) is 0 Å². The van der Waals surface area contributed by atoms with Crippen molar-refractivity contribution in [2.45, 2.75) is 25.5 Å². The normalized spacial score (nSPS) is 38.1. The molecular formula is C12H23ClN2O. The molecule has 2 aliphatic heterocycles. The molecule has 16 heavy (non-hydrogen) atoms. The van der Waals surface area contributed by atoms with E-state index in [1.54, 1.807) is 0 Å². The topological polar surface area (TPSA) is 15.7 Å². The SMILES string of the molecule is CC1CCN(CC2CN(C)CCO2)C1CCl. The Bertz CT molecular complexity index is 227. The number of likely N-dealkylation sites (N-methyl/N-ethyl adjacent to an activating group) is 1. The van der Waals surface area contributed by atoms with Gasteiger partial charge >= 0.3 is 0 Å². The molecule has 0 N–H and O–H groups in total. The maximum absolute atomic E-state index is 6.05. The number of nitrogens with zero attached hydrogens (tertiary/aromatic N) is 2. The summed E-state index contributed by atoms with van der Waals surface area (Å²) in [6.07, 6.45) is 1.65. The third kappa shape index (κ3) is 2.89. The van der Waals surface area contributed by atoms with Gasteiger partial charge in [0.25, 0.3) is 0 Å². The molecule has 0 bridgehead atoms. The summed E-state index contributed by atoms with van der Waals surface area (Å²) in [6.45, 7) is 7.52. The molecular weight excluding hydrogens is 224 g/mol. The first-order chi connectivity index (χ1) is 7.70. The molecule has 0 radical (unpaired) electrons. The zero-order valence-electron chi connectivity index (χ0n) is 10.4. The summed E-state index contributed by atoms with van der Waals surface area (Å²) in [5.74, 6) is 1.49. The lowest BCUT2D eigenvalue weighted by Crippen LogP contribution is -2.47. The van der Waals surface area contributed by atoms with Crippen molar-refractivity contribution in [2.24, 2.45) is 5.92 Å². The van der Waals surface area contributed by atoms with E-state index < -0.39 is 0 Å². The van der Waals surface area contributed by atoms with Gasteiger partial charge in [-0.25, -0.2) is 0 Å². The number of alkyl halides is 1. The molecule has 3 atom stereocenters. The van der Waals surface area contributed by atoms with Crippen molar-refractivity contribution in [1.82, 2.24) is 9.80 Å². The van der Waals surface area contributed by atoms with E-state index in [0.29, 0.717) is 12.1 Å². The summed E-state index contributed by atoms with van der Waals surface area (Å²) >= 11 is 6.05. The second kappa shape index (κ2) is 5.67. The van der Waals surface area contributed by atoms with Crippen LogP contribution < -0.4 is 0 Å². The highest BCUT2D eigenvalue weighted by molar-refractivity contribution is 6.18. The van der Waals surface area contributed by atoms with Gasteiger partial charge in [-0.3, -0.25) is 4.90 Å². The van der Waals surface area contributed by atoms with E-state index in [-0.39, 0.29) is 0 Å². The van der Waals surface area contributed by atoms with Gasteiger partial charge in [-0.05, 0) is 25.9 Å². The summed E-state index contributed by atoms with van der Waals surface area (Å²) in [7, 11) is 2.17. The van der Waals surface area contributed by atoms with Crippen LogP contribution in [-0.2, 0) is 4.74 Å². The van der Waals surface area contributed by atoms with Crippen molar-refractivity contribution < 1.29 is 4.74 Å². The molecule has 0 saturated carbocycles. The highest BCUT2D eigenvalue weighted by Crippen LogP contribution is 2.25. The van der Waals surface area contributed by atoms with E-state index in [4.69, 9.17) is 16.3 Å². The number of likely N-dealkylation sites (tertiary alicyclic amines) is 1. The van der Waals surface area contributed by atoms with Crippen LogP contribution in [0.25, 0.3) is 0 Å². The Morgan fingerprint density at radius 2 is 2.19 bits per heavy atom. The molecule has 2 heterocycles. The molecule has 0 aromatic heterocycles. The fourth-order valence-corrected chi connectivity index (χ4v) is 3.30. The van der Waals surface area contributed by atoms with Crippen LogP contribution in [0, 0.1) is 5.92 Å². The lowest BCUT2D eigenvalue weighted by Gasteiger charge is -2.34. The van der Waals surface area contributed by atoms with Crippen molar-refractivity contribution in [3.63, 3.8) is 0 Å². The smallest absolute Gasteiger partial charge is 0.0829 e. The van der Waals surface area contributed by atoms with Gasteiger partial charge in [-0.2, -0.15) is 0 Å². The summed E-state index contributed by atoms with van der Waals surface area (Å²) < 4.78 is 5.81. The number of rotatable bonds is 3. The second-order valence-electron chi connectivity index (χ2n) is 5.24. The van der Waals surface area contributed by atoms with Crippen LogP contribution in [0.2, 0.25) is 0 Å². The third-order valence-corrected chi connectivity index (χ3v) is 4.25. The Morgan fingerprint density at radius 3 is 2.88 bits per heavy atom. The van der Waals surface area contributed by atoms with Crippen LogP contribution in [0.3, 0.4) is 0 Å². The molecule has 2 fully saturated rings. The Morgan fingerprint density at radius 1 is 1.38 bits per heavy atom. The minimum atomic E-state index is 0.370. The Kier molecular flexibility index (Phi) is 4.48. The molecule has 0 spiro atoms. The van der Waals surface area contributed by atoms with E-state index in [1.165, 1.54) is 13.0 Å². The standard InChI is InChI=1S/C12H23ClN2O/c1-10-3-4-15(12(10)7-13)9-11-8-14(2)5-6-16-11/h10-12H,3-9H2,1-2H3. The van der Waals surface area contributed by atoms with Crippen LogP contribution in [-0.4, -0.2) is 67.7 Å². The lowest BCUT2D eigenvalue weighted by atomic mass is 10.0. The van der Waals surface area contributed by atoms with Crippen LogP contribution in [0.1, 0.15) is 13.3 Å². The average Bonchev–Trinajstić information content (AvgIpc) is 2.59. The quantitative estimate of drug-likeness (QED) is 0.698. The molecule has 2 rings (SSSR count). The van der Waals surface area contributed by atoms with E-state index in [0.717, 1.165) is 38.0 Å². The number of hydrogen-bond acceptors (Lipinski definition) is 3. The number of morpholine rings is 1. The van der Waals surface area contributed by atoms with Gasteiger partial charge in [-0.1, -0.05) is 6.92 Å². The minimum Gasteiger partial charge on any atom is -0.374 e. The van der Waals surface area contributed by atoms with Crippen molar-refractivity contribution in [2.75, 3.05) is 45.7 Å².